The van der Waals surface area contributed by atoms with Crippen LogP contribution in [0.2, 0.25) is 5.02 Å². The van der Waals surface area contributed by atoms with Crippen LogP contribution in [-0.2, 0) is 22.7 Å². The number of benzene rings is 2. The molecule has 0 saturated carbocycles. The summed E-state index contributed by atoms with van der Waals surface area (Å²) < 4.78 is 64.8. The van der Waals surface area contributed by atoms with Crippen LogP contribution < -0.4 is 5.32 Å². The van der Waals surface area contributed by atoms with Crippen molar-refractivity contribution in [2.24, 2.45) is 0 Å². The van der Waals surface area contributed by atoms with Gasteiger partial charge in [-0.2, -0.15) is 18.3 Å². The number of carbonyl (C=O) groups excluding carboxylic acids is 1. The van der Waals surface area contributed by atoms with Gasteiger partial charge in [-0.1, -0.05) is 23.7 Å². The van der Waals surface area contributed by atoms with E-state index in [1.54, 1.807) is 24.3 Å². The molecule has 12 heteroatoms. The summed E-state index contributed by atoms with van der Waals surface area (Å²) in [5.41, 5.74) is 0.0883. The lowest BCUT2D eigenvalue weighted by atomic mass is 10.2. The predicted octanol–water partition coefficient (Wildman–Crippen LogP) is 3.72. The number of rotatable bonds is 6. The van der Waals surface area contributed by atoms with Gasteiger partial charge in [-0.25, -0.2) is 17.4 Å². The van der Waals surface area contributed by atoms with Crippen LogP contribution in [0.15, 0.2) is 59.6 Å². The Kier molecular flexibility index (Phi) is 6.63. The second kappa shape index (κ2) is 8.93. The molecule has 3 aromatic rings. The van der Waals surface area contributed by atoms with Gasteiger partial charge in [0.2, 0.25) is 10.0 Å². The topological polar surface area (TPSA) is 84.3 Å². The first-order valence-corrected chi connectivity index (χ1v) is 10.9. The quantitative estimate of drug-likeness (QED) is 0.575. The molecule has 0 radical (unpaired) electrons. The van der Waals surface area contributed by atoms with Gasteiger partial charge in [-0.15, -0.1) is 0 Å². The van der Waals surface area contributed by atoms with E-state index in [0.29, 0.717) is 11.3 Å². The molecule has 32 heavy (non-hydrogen) atoms. The van der Waals surface area contributed by atoms with E-state index in [-0.39, 0.29) is 22.0 Å². The van der Waals surface area contributed by atoms with Gasteiger partial charge in [-0.05, 0) is 42.0 Å². The molecule has 0 fully saturated rings. The van der Waals surface area contributed by atoms with Gasteiger partial charge in [0.15, 0.2) is 5.69 Å². The van der Waals surface area contributed by atoms with Crippen molar-refractivity contribution in [3.8, 4) is 5.69 Å². The van der Waals surface area contributed by atoms with Crippen LogP contribution in [0.4, 0.5) is 13.2 Å². The van der Waals surface area contributed by atoms with Crippen molar-refractivity contribution in [2.75, 3.05) is 14.1 Å². The summed E-state index contributed by atoms with van der Waals surface area (Å²) in [7, 11) is -0.988. The third kappa shape index (κ3) is 5.12. The summed E-state index contributed by atoms with van der Waals surface area (Å²) in [6.45, 7) is 0.0903. The van der Waals surface area contributed by atoms with Crippen LogP contribution >= 0.6 is 11.6 Å². The van der Waals surface area contributed by atoms with Crippen LogP contribution in [0.1, 0.15) is 21.6 Å². The molecule has 7 nitrogen and oxygen atoms in total. The predicted molar refractivity (Wildman–Crippen MR) is 112 cm³/mol. The third-order valence-electron chi connectivity index (χ3n) is 4.49. The summed E-state index contributed by atoms with van der Waals surface area (Å²) >= 11 is 6.07. The number of nitrogens with zero attached hydrogens (tertiary/aromatic N) is 3. The fraction of sp³-hybridized carbons (Fsp3) is 0.200. The summed E-state index contributed by atoms with van der Waals surface area (Å²) in [5.74, 6) is -0.572. The molecule has 1 N–H and O–H groups in total. The molecular formula is C20H18ClF3N4O3S. The Bertz CT molecular complexity index is 1240. The average Bonchev–Trinajstić information content (AvgIpc) is 3.23. The molecule has 0 atom stereocenters. The molecule has 1 amide bonds. The third-order valence-corrected chi connectivity index (χ3v) is 6.64. The summed E-state index contributed by atoms with van der Waals surface area (Å²) in [6, 6.07) is 11.1. The molecule has 0 aliphatic rings. The molecule has 3 rings (SSSR count). The number of hydrogen-bond acceptors (Lipinski definition) is 4. The summed E-state index contributed by atoms with van der Waals surface area (Å²) in [6.07, 6.45) is -3.32. The highest BCUT2D eigenvalue weighted by Crippen LogP contribution is 2.28. The van der Waals surface area contributed by atoms with Crippen LogP contribution in [0, 0.1) is 0 Å². The van der Waals surface area contributed by atoms with Gasteiger partial charge in [0.1, 0.15) is 0 Å². The van der Waals surface area contributed by atoms with Gasteiger partial charge in [-0.3, -0.25) is 4.79 Å². The zero-order valence-corrected chi connectivity index (χ0v) is 18.5. The lowest BCUT2D eigenvalue weighted by Crippen LogP contribution is -2.25. The number of sulfonamides is 1. The second-order valence-corrected chi connectivity index (χ2v) is 9.48. The average molecular weight is 487 g/mol. The van der Waals surface area contributed by atoms with Crippen molar-refractivity contribution in [1.82, 2.24) is 19.4 Å². The lowest BCUT2D eigenvalue weighted by Gasteiger charge is -2.13. The molecule has 0 saturated heterocycles. The number of hydrogen-bond donors (Lipinski definition) is 1. The van der Waals surface area contributed by atoms with E-state index in [1.807, 2.05) is 0 Å². The molecule has 0 bridgehead atoms. The van der Waals surface area contributed by atoms with E-state index < -0.39 is 27.8 Å². The Hall–Kier alpha value is -2.89. The number of alkyl halides is 3. The van der Waals surface area contributed by atoms with Crippen molar-refractivity contribution in [3.05, 3.63) is 76.6 Å². The van der Waals surface area contributed by atoms with Gasteiger partial charge in [0.25, 0.3) is 5.91 Å². The second-order valence-electron chi connectivity index (χ2n) is 6.92. The molecule has 2 aromatic carbocycles. The molecule has 0 spiro atoms. The van der Waals surface area contributed by atoms with Crippen molar-refractivity contribution in [1.29, 1.82) is 0 Å². The van der Waals surface area contributed by atoms with Crippen molar-refractivity contribution in [3.63, 3.8) is 0 Å². The lowest BCUT2D eigenvalue weighted by molar-refractivity contribution is -0.141. The fourth-order valence-electron chi connectivity index (χ4n) is 2.71. The zero-order chi connectivity index (χ0) is 23.7. The van der Waals surface area contributed by atoms with E-state index in [0.717, 1.165) is 15.1 Å². The van der Waals surface area contributed by atoms with E-state index in [1.165, 1.54) is 38.5 Å². The van der Waals surface area contributed by atoms with E-state index in [4.69, 9.17) is 11.6 Å². The minimum Gasteiger partial charge on any atom is -0.348 e. The first-order chi connectivity index (χ1) is 14.9. The number of carbonyl (C=O) groups is 1. The Morgan fingerprint density at radius 2 is 1.78 bits per heavy atom. The minimum absolute atomic E-state index is 0.00225. The largest absolute Gasteiger partial charge is 0.435 e. The van der Waals surface area contributed by atoms with Gasteiger partial charge >= 0.3 is 6.18 Å². The van der Waals surface area contributed by atoms with Crippen molar-refractivity contribution in [2.45, 2.75) is 17.6 Å². The highest BCUT2D eigenvalue weighted by atomic mass is 35.5. The highest BCUT2D eigenvalue weighted by molar-refractivity contribution is 7.89. The maximum atomic E-state index is 12.7. The monoisotopic (exact) mass is 486 g/mol. The van der Waals surface area contributed by atoms with Gasteiger partial charge in [0, 0.05) is 26.8 Å². The summed E-state index contributed by atoms with van der Waals surface area (Å²) in [5, 5.41) is 6.24. The minimum atomic E-state index is -4.53. The maximum Gasteiger partial charge on any atom is 0.435 e. The fourth-order valence-corrected chi connectivity index (χ4v) is 3.84. The first-order valence-electron chi connectivity index (χ1n) is 9.12. The van der Waals surface area contributed by atoms with Gasteiger partial charge < -0.3 is 5.32 Å². The number of amides is 1. The Morgan fingerprint density at radius 1 is 1.12 bits per heavy atom. The van der Waals surface area contributed by atoms with Gasteiger partial charge in [0.05, 0.1) is 21.2 Å². The number of halogens is 4. The number of nitrogens with one attached hydrogen (secondary N) is 1. The van der Waals surface area contributed by atoms with Crippen molar-refractivity contribution >= 4 is 27.5 Å². The maximum absolute atomic E-state index is 12.7. The summed E-state index contributed by atoms with van der Waals surface area (Å²) in [4.78, 5) is 12.5. The normalized spacial score (nSPS) is 12.2. The highest BCUT2D eigenvalue weighted by Gasteiger charge is 2.33. The van der Waals surface area contributed by atoms with Crippen LogP contribution in [0.25, 0.3) is 5.69 Å². The van der Waals surface area contributed by atoms with E-state index in [2.05, 4.69) is 10.4 Å². The Balaban J connectivity index is 1.71. The molecule has 1 heterocycles. The SMILES string of the molecule is CN(C)S(=O)(=O)c1ccc(Cl)c(C(=O)NCc2ccc(-n3ccc(C(F)(F)F)n3)cc2)c1. The standard InChI is InChI=1S/C20H18ClF3N4O3S/c1-27(2)32(30,31)15-7-8-17(21)16(11-15)19(29)25-12-13-3-5-14(6-4-13)28-10-9-18(26-28)20(22,23)24/h3-11H,12H2,1-2H3,(H,25,29). The molecule has 0 aliphatic carbocycles. The molecule has 0 aliphatic heterocycles. The number of aromatic nitrogens is 2. The van der Waals surface area contributed by atoms with Crippen LogP contribution in [0.3, 0.4) is 0 Å². The molecular weight excluding hydrogens is 469 g/mol. The zero-order valence-electron chi connectivity index (χ0n) is 16.9. The molecule has 170 valence electrons. The molecule has 1 aromatic heterocycles. The smallest absolute Gasteiger partial charge is 0.348 e. The van der Waals surface area contributed by atoms with E-state index >= 15 is 0 Å². The molecule has 0 unspecified atom stereocenters. The first kappa shape index (κ1) is 23.8. The Morgan fingerprint density at radius 3 is 2.34 bits per heavy atom. The van der Waals surface area contributed by atoms with Crippen LogP contribution in [-0.4, -0.2) is 42.5 Å². The van der Waals surface area contributed by atoms with E-state index in [9.17, 15) is 26.4 Å². The van der Waals surface area contributed by atoms with Crippen molar-refractivity contribution < 1.29 is 26.4 Å². The van der Waals surface area contributed by atoms with Crippen LogP contribution in [0.5, 0.6) is 0 Å². The Labute approximate surface area is 187 Å².